The van der Waals surface area contributed by atoms with Crippen LogP contribution in [0.1, 0.15) is 22.5 Å². The maximum absolute atomic E-state index is 14.1. The molecule has 17 heteroatoms. The number of anilines is 2. The lowest BCUT2D eigenvalue weighted by Gasteiger charge is -2.22. The fourth-order valence-corrected chi connectivity index (χ4v) is 5.77. The molecule has 1 spiro atoms. The molecule has 50 heavy (non-hydrogen) atoms. The Labute approximate surface area is 281 Å². The quantitative estimate of drug-likeness (QED) is 0.0289. The number of carbonyl (C=O) groups excluding carboxylic acids is 3. The number of H-pyrrole nitrogens is 1. The number of carbonyl (C=O) groups is 3. The SMILES string of the molecule is C=C/C(C(=O)c1cc2cc(OCC(F)F)c(N3C(=O)N[C@]4(CCNC4)C3=O)cc2[nH]1)=C(/N)N(N)c1cnc(Oc2c(F)cccc2F)cc1C. The molecule has 2 aromatic carbocycles. The van der Waals surface area contributed by atoms with Crippen molar-refractivity contribution in [3.05, 3.63) is 95.6 Å². The van der Waals surface area contributed by atoms with Gasteiger partial charge in [-0.05, 0) is 55.8 Å². The second-order valence-corrected chi connectivity index (χ2v) is 11.5. The molecule has 4 heterocycles. The third kappa shape index (κ3) is 6.07. The van der Waals surface area contributed by atoms with Gasteiger partial charge in [0.25, 0.3) is 12.3 Å². The van der Waals surface area contributed by atoms with Crippen LogP contribution in [0.15, 0.2) is 72.7 Å². The summed E-state index contributed by atoms with van der Waals surface area (Å²) in [5.74, 6) is 1.98. The highest BCUT2D eigenvalue weighted by Crippen LogP contribution is 2.39. The number of hydrogen-bond donors (Lipinski definition) is 5. The lowest BCUT2D eigenvalue weighted by atomic mass is 9.99. The van der Waals surface area contributed by atoms with Crippen LogP contribution >= 0.6 is 0 Å². The molecule has 6 rings (SSSR count). The number of nitrogens with zero attached hydrogens (tertiary/aromatic N) is 3. The molecule has 0 radical (unpaired) electrons. The van der Waals surface area contributed by atoms with Gasteiger partial charge in [-0.2, -0.15) is 0 Å². The monoisotopic (exact) mass is 694 g/mol. The van der Waals surface area contributed by atoms with E-state index in [-0.39, 0.29) is 52.2 Å². The number of imide groups is 1. The summed E-state index contributed by atoms with van der Waals surface area (Å²) in [5, 5.41) is 7.02. The van der Waals surface area contributed by atoms with Crippen LogP contribution in [0.5, 0.6) is 17.4 Å². The number of rotatable bonds is 11. The number of nitrogens with two attached hydrogens (primary N) is 2. The number of ketones is 1. The number of pyridine rings is 1. The van der Waals surface area contributed by atoms with Crippen molar-refractivity contribution in [3.63, 3.8) is 0 Å². The standard InChI is InChI=1S/C33H30F4N8O5/c1-3-18(30(38)45(39)24-13-41-27(9-16(24)2)50-29-19(34)5-4-6-20(29)35)28(46)22-10-17-11-25(49-14-26(36)37)23(12-21(17)42-22)44-31(47)33(43-32(44)48)7-8-40-15-33/h3-6,9-13,26,40,42H,1,7-8,14-15,38-39H2,2H3,(H,43,48)/b30-18+/t33-/m0/s1. The summed E-state index contributed by atoms with van der Waals surface area (Å²) in [5.41, 5.74) is 5.77. The van der Waals surface area contributed by atoms with Crippen molar-refractivity contribution in [1.82, 2.24) is 20.6 Å². The molecule has 7 N–H and O–H groups in total. The maximum atomic E-state index is 14.1. The van der Waals surface area contributed by atoms with Gasteiger partial charge in [-0.3, -0.25) is 14.6 Å². The van der Waals surface area contributed by atoms with Crippen LogP contribution in [-0.4, -0.2) is 59.4 Å². The Bertz CT molecular complexity index is 2060. The number of halogens is 4. The van der Waals surface area contributed by atoms with E-state index < -0.39 is 53.7 Å². The number of nitrogens with one attached hydrogen (secondary N) is 3. The molecule has 0 aliphatic carbocycles. The first-order valence-corrected chi connectivity index (χ1v) is 15.1. The predicted molar refractivity (Wildman–Crippen MR) is 174 cm³/mol. The number of benzene rings is 2. The highest BCUT2D eigenvalue weighted by atomic mass is 19.3. The van der Waals surface area contributed by atoms with E-state index >= 15 is 0 Å². The van der Waals surface area contributed by atoms with Crippen LogP contribution in [-0.2, 0) is 4.79 Å². The van der Waals surface area contributed by atoms with Gasteiger partial charge < -0.3 is 30.8 Å². The summed E-state index contributed by atoms with van der Waals surface area (Å²) in [6.45, 7) is 4.96. The van der Waals surface area contributed by atoms with Crippen molar-refractivity contribution in [2.75, 3.05) is 29.6 Å². The van der Waals surface area contributed by atoms with E-state index in [4.69, 9.17) is 21.1 Å². The number of amides is 3. The van der Waals surface area contributed by atoms with Crippen LogP contribution in [0.4, 0.5) is 33.7 Å². The number of aromatic amines is 1. The normalized spacial score (nSPS) is 17.8. The second kappa shape index (κ2) is 13.2. The Hall–Kier alpha value is -5.94. The minimum Gasteiger partial charge on any atom is -0.485 e. The number of urea groups is 1. The first-order valence-electron chi connectivity index (χ1n) is 15.1. The molecule has 3 amide bonds. The molecular weight excluding hydrogens is 664 g/mol. The maximum Gasteiger partial charge on any atom is 0.329 e. The largest absolute Gasteiger partial charge is 0.485 e. The molecule has 4 aromatic rings. The number of hydrazine groups is 1. The Morgan fingerprint density at radius 1 is 1.20 bits per heavy atom. The zero-order valence-corrected chi connectivity index (χ0v) is 26.4. The number of Topliss-reactive ketones (excluding diaryl/α,β-unsaturated/α-hetero) is 1. The zero-order valence-electron chi connectivity index (χ0n) is 26.4. The molecule has 13 nitrogen and oxygen atoms in total. The van der Waals surface area contributed by atoms with E-state index in [0.29, 0.717) is 23.9 Å². The first-order chi connectivity index (χ1) is 23.8. The minimum absolute atomic E-state index is 0.0256. The number of alkyl halides is 2. The zero-order chi connectivity index (χ0) is 35.9. The van der Waals surface area contributed by atoms with Crippen LogP contribution in [0.2, 0.25) is 0 Å². The summed E-state index contributed by atoms with van der Waals surface area (Å²) in [6, 6.07) is 7.96. The Balaban J connectivity index is 1.31. The number of aryl methyl sites for hydroxylation is 1. The van der Waals surface area contributed by atoms with E-state index in [9.17, 15) is 31.9 Å². The predicted octanol–water partition coefficient (Wildman–Crippen LogP) is 4.29. The molecule has 0 unspecified atom stereocenters. The summed E-state index contributed by atoms with van der Waals surface area (Å²) in [7, 11) is 0. The molecule has 2 aromatic heterocycles. The molecule has 2 fully saturated rings. The molecule has 1 atom stereocenters. The van der Waals surface area contributed by atoms with Crippen molar-refractivity contribution in [1.29, 1.82) is 0 Å². The number of aromatic nitrogens is 2. The summed E-state index contributed by atoms with van der Waals surface area (Å²) in [4.78, 5) is 48.1. The number of ether oxygens (including phenoxy) is 2. The molecule has 260 valence electrons. The van der Waals surface area contributed by atoms with Gasteiger partial charge in [-0.1, -0.05) is 18.7 Å². The van der Waals surface area contributed by atoms with Gasteiger partial charge in [-0.15, -0.1) is 0 Å². The van der Waals surface area contributed by atoms with Gasteiger partial charge in [0, 0.05) is 23.5 Å². The third-order valence-corrected chi connectivity index (χ3v) is 8.30. The van der Waals surface area contributed by atoms with E-state index in [0.717, 1.165) is 22.0 Å². The van der Waals surface area contributed by atoms with E-state index in [1.807, 2.05) is 0 Å². The van der Waals surface area contributed by atoms with Crippen molar-refractivity contribution in [3.8, 4) is 17.4 Å². The topological polar surface area (TPSA) is 181 Å². The number of fused-ring (bicyclic) bond motifs is 1. The van der Waals surface area contributed by atoms with Gasteiger partial charge in [0.05, 0.1) is 28.8 Å². The number of allylic oxidation sites excluding steroid dienone is 2. The highest BCUT2D eigenvalue weighted by Gasteiger charge is 2.53. The summed E-state index contributed by atoms with van der Waals surface area (Å²) >= 11 is 0. The van der Waals surface area contributed by atoms with Crippen molar-refractivity contribution < 1.29 is 41.4 Å². The molecule has 2 aliphatic rings. The summed E-state index contributed by atoms with van der Waals surface area (Å²) < 4.78 is 65.1. The molecule has 2 aliphatic heterocycles. The molecule has 0 saturated carbocycles. The highest BCUT2D eigenvalue weighted by molar-refractivity contribution is 6.25. The van der Waals surface area contributed by atoms with Gasteiger partial charge >= 0.3 is 6.03 Å². The van der Waals surface area contributed by atoms with Crippen LogP contribution in [0.3, 0.4) is 0 Å². The van der Waals surface area contributed by atoms with Gasteiger partial charge in [0.1, 0.15) is 23.7 Å². The number of hydrogen-bond acceptors (Lipinski definition) is 10. The lowest BCUT2D eigenvalue weighted by Crippen LogP contribution is -2.48. The van der Waals surface area contributed by atoms with Crippen molar-refractivity contribution in [2.45, 2.75) is 25.3 Å². The van der Waals surface area contributed by atoms with Crippen LogP contribution < -0.4 is 41.6 Å². The van der Waals surface area contributed by atoms with E-state index in [1.165, 1.54) is 42.6 Å². The minimum atomic E-state index is -2.85. The fraction of sp³-hybridized carbons (Fsp3) is 0.212. The van der Waals surface area contributed by atoms with Gasteiger partial charge in [-0.25, -0.2) is 38.1 Å². The second-order valence-electron chi connectivity index (χ2n) is 11.5. The average Bonchev–Trinajstić information content (AvgIpc) is 3.78. The lowest BCUT2D eigenvalue weighted by molar-refractivity contribution is -0.121. The molecule has 0 bridgehead atoms. The fourth-order valence-electron chi connectivity index (χ4n) is 5.77. The summed E-state index contributed by atoms with van der Waals surface area (Å²) in [6.07, 6.45) is -0.110. The van der Waals surface area contributed by atoms with Gasteiger partial charge in [0.2, 0.25) is 17.4 Å². The van der Waals surface area contributed by atoms with E-state index in [1.54, 1.807) is 6.92 Å². The third-order valence-electron chi connectivity index (χ3n) is 8.30. The smallest absolute Gasteiger partial charge is 0.329 e. The van der Waals surface area contributed by atoms with Crippen molar-refractivity contribution in [2.24, 2.45) is 11.6 Å². The Kier molecular flexibility index (Phi) is 8.94. The Morgan fingerprint density at radius 2 is 1.94 bits per heavy atom. The molecular formula is C33H30F4N8O5. The van der Waals surface area contributed by atoms with E-state index in [2.05, 4.69) is 27.2 Å². The molecule has 2 saturated heterocycles. The van der Waals surface area contributed by atoms with Gasteiger partial charge in [0.15, 0.2) is 11.6 Å². The average molecular weight is 695 g/mol. The van der Waals surface area contributed by atoms with Crippen LogP contribution in [0, 0.1) is 18.6 Å². The Morgan fingerprint density at radius 3 is 2.58 bits per heavy atom. The van der Waals surface area contributed by atoms with Crippen molar-refractivity contribution >= 4 is 40.0 Å². The first kappa shape index (κ1) is 33.9. The number of para-hydroxylation sites is 1. The van der Waals surface area contributed by atoms with Crippen LogP contribution in [0.25, 0.3) is 10.9 Å².